The predicted octanol–water partition coefficient (Wildman–Crippen LogP) is 3.49. The number of aliphatic imine (C=N–C) groups is 1. The van der Waals surface area contributed by atoms with Crippen LogP contribution in [-0.2, 0) is 4.79 Å². The second-order valence-electron chi connectivity index (χ2n) is 5.07. The van der Waals surface area contributed by atoms with Gasteiger partial charge in [0.2, 0.25) is 5.13 Å². The average molecular weight is 361 g/mol. The van der Waals surface area contributed by atoms with Gasteiger partial charge in [0, 0.05) is 11.9 Å². The van der Waals surface area contributed by atoms with Crippen molar-refractivity contribution in [1.82, 2.24) is 9.88 Å². The number of phenolic OH excluding ortho intramolecular Hbond substituents is 2. The number of benzene rings is 1. The van der Waals surface area contributed by atoms with Crippen LogP contribution in [0.1, 0.15) is 18.2 Å². The first-order valence-corrected chi connectivity index (χ1v) is 8.91. The number of hydrogen-bond acceptors (Lipinski definition) is 7. The molecular weight excluding hydrogens is 346 g/mol. The molecule has 0 aliphatic carbocycles. The number of rotatable bonds is 3. The van der Waals surface area contributed by atoms with E-state index in [-0.39, 0.29) is 17.4 Å². The Balaban J connectivity index is 1.93. The minimum absolute atomic E-state index is 0.137. The number of phenols is 2. The lowest BCUT2D eigenvalue weighted by molar-refractivity contribution is -0.122. The molecule has 24 heavy (non-hydrogen) atoms. The Hall–Kier alpha value is -2.32. The van der Waals surface area contributed by atoms with Gasteiger partial charge in [0.25, 0.3) is 5.91 Å². The molecule has 6 nitrogen and oxygen atoms in total. The highest BCUT2D eigenvalue weighted by Crippen LogP contribution is 2.35. The third kappa shape index (κ3) is 3.29. The molecule has 0 radical (unpaired) electrons. The van der Waals surface area contributed by atoms with E-state index < -0.39 is 0 Å². The third-order valence-corrected chi connectivity index (χ3v) is 5.16. The molecule has 1 aliphatic heterocycles. The van der Waals surface area contributed by atoms with E-state index in [2.05, 4.69) is 9.98 Å². The summed E-state index contributed by atoms with van der Waals surface area (Å²) in [5, 5.41) is 22.1. The fraction of sp³-hybridized carbons (Fsp3) is 0.188. The van der Waals surface area contributed by atoms with Crippen LogP contribution in [0.15, 0.2) is 33.5 Å². The molecule has 1 aliphatic rings. The molecule has 2 N–H and O–H groups in total. The number of aryl methyl sites for hydroxylation is 1. The van der Waals surface area contributed by atoms with Crippen LogP contribution in [-0.4, -0.2) is 37.7 Å². The number of carbonyl (C=O) groups excluding carboxylic acids is 1. The number of thioether (sulfide) groups is 1. The van der Waals surface area contributed by atoms with Crippen molar-refractivity contribution in [2.24, 2.45) is 4.99 Å². The first kappa shape index (κ1) is 16.5. The Morgan fingerprint density at radius 1 is 1.33 bits per heavy atom. The van der Waals surface area contributed by atoms with Gasteiger partial charge in [-0.3, -0.25) is 9.69 Å². The minimum atomic E-state index is -0.223. The maximum absolute atomic E-state index is 12.5. The fourth-order valence-electron chi connectivity index (χ4n) is 2.13. The van der Waals surface area contributed by atoms with Crippen LogP contribution in [0.2, 0.25) is 0 Å². The molecule has 0 unspecified atom stereocenters. The Bertz CT molecular complexity index is 858. The highest BCUT2D eigenvalue weighted by atomic mass is 32.2. The topological polar surface area (TPSA) is 86.0 Å². The summed E-state index contributed by atoms with van der Waals surface area (Å²) in [5.41, 5.74) is 1.52. The van der Waals surface area contributed by atoms with Crippen LogP contribution in [0.3, 0.4) is 0 Å². The van der Waals surface area contributed by atoms with Crippen LogP contribution in [0.5, 0.6) is 11.5 Å². The predicted molar refractivity (Wildman–Crippen MR) is 96.7 cm³/mol. The van der Waals surface area contributed by atoms with Gasteiger partial charge in [-0.25, -0.2) is 4.98 Å². The van der Waals surface area contributed by atoms with Crippen LogP contribution in [0.4, 0.5) is 5.13 Å². The lowest BCUT2D eigenvalue weighted by Crippen LogP contribution is -2.28. The molecule has 1 aromatic carbocycles. The lowest BCUT2D eigenvalue weighted by Gasteiger charge is -2.11. The summed E-state index contributed by atoms with van der Waals surface area (Å²) in [7, 11) is 0. The van der Waals surface area contributed by atoms with Crippen LogP contribution >= 0.6 is 23.1 Å². The Morgan fingerprint density at radius 3 is 2.75 bits per heavy atom. The Labute approximate surface area is 147 Å². The summed E-state index contributed by atoms with van der Waals surface area (Å²) in [6.45, 7) is 4.29. The summed E-state index contributed by atoms with van der Waals surface area (Å²) < 4.78 is 0. The van der Waals surface area contributed by atoms with E-state index >= 15 is 0 Å². The highest BCUT2D eigenvalue weighted by molar-refractivity contribution is 8.18. The maximum atomic E-state index is 12.5. The number of carbonyl (C=O) groups is 1. The fourth-order valence-corrected chi connectivity index (χ4v) is 3.89. The van der Waals surface area contributed by atoms with Gasteiger partial charge in [0.15, 0.2) is 16.7 Å². The van der Waals surface area contributed by atoms with Gasteiger partial charge in [0.1, 0.15) is 0 Å². The zero-order valence-electron chi connectivity index (χ0n) is 13.1. The van der Waals surface area contributed by atoms with Gasteiger partial charge in [-0.05, 0) is 49.4 Å². The zero-order chi connectivity index (χ0) is 17.3. The number of amides is 1. The van der Waals surface area contributed by atoms with Gasteiger partial charge in [-0.2, -0.15) is 4.99 Å². The van der Waals surface area contributed by atoms with Gasteiger partial charge in [0.05, 0.1) is 10.6 Å². The van der Waals surface area contributed by atoms with Crippen LogP contribution in [0.25, 0.3) is 6.08 Å². The number of thiazole rings is 1. The molecule has 1 saturated heterocycles. The van der Waals surface area contributed by atoms with Gasteiger partial charge >= 0.3 is 0 Å². The number of amidine groups is 1. The van der Waals surface area contributed by atoms with Crippen molar-refractivity contribution < 1.29 is 15.0 Å². The summed E-state index contributed by atoms with van der Waals surface area (Å²) in [6.07, 6.45) is 1.67. The molecule has 124 valence electrons. The molecule has 1 amide bonds. The SMILES string of the molecule is CCN1C(=O)/C(=C/c2ccc(O)c(O)c2)S/C1=N/c1nc(C)cs1. The van der Waals surface area contributed by atoms with Crippen molar-refractivity contribution in [3.63, 3.8) is 0 Å². The quantitative estimate of drug-likeness (QED) is 0.646. The third-order valence-electron chi connectivity index (χ3n) is 3.30. The summed E-state index contributed by atoms with van der Waals surface area (Å²) in [6, 6.07) is 4.42. The standard InChI is InChI=1S/C16H15N3O3S2/c1-3-19-14(22)13(7-10-4-5-11(20)12(21)6-10)24-16(19)18-15-17-9(2)8-23-15/h4-8,20-21H,3H2,1-2H3/b13-7-,18-16+. The molecule has 2 aromatic rings. The molecule has 0 atom stereocenters. The second-order valence-corrected chi connectivity index (χ2v) is 6.92. The summed E-state index contributed by atoms with van der Waals surface area (Å²) in [5.74, 6) is -0.555. The number of nitrogens with zero attached hydrogens (tertiary/aromatic N) is 3. The second kappa shape index (κ2) is 6.66. The van der Waals surface area contributed by atoms with Crippen molar-refractivity contribution in [3.05, 3.63) is 39.7 Å². The molecule has 1 aromatic heterocycles. The minimum Gasteiger partial charge on any atom is -0.504 e. The highest BCUT2D eigenvalue weighted by Gasteiger charge is 2.32. The molecule has 0 spiro atoms. The summed E-state index contributed by atoms with van der Waals surface area (Å²) in [4.78, 5) is 23.4. The van der Waals surface area contributed by atoms with Crippen LogP contribution in [0, 0.1) is 6.92 Å². The van der Waals surface area contributed by atoms with E-state index in [1.54, 1.807) is 17.0 Å². The average Bonchev–Trinajstić information content (AvgIpc) is 3.07. The Kier molecular flexibility index (Phi) is 4.59. The van der Waals surface area contributed by atoms with Crippen molar-refractivity contribution in [2.75, 3.05) is 6.54 Å². The number of aromatic nitrogens is 1. The Morgan fingerprint density at radius 2 is 2.12 bits per heavy atom. The number of hydrogen-bond donors (Lipinski definition) is 2. The van der Waals surface area contributed by atoms with Crippen molar-refractivity contribution >= 4 is 45.4 Å². The van der Waals surface area contributed by atoms with Crippen molar-refractivity contribution in [3.8, 4) is 11.5 Å². The molecule has 0 bridgehead atoms. The van der Waals surface area contributed by atoms with E-state index in [4.69, 9.17) is 0 Å². The summed E-state index contributed by atoms with van der Waals surface area (Å²) >= 11 is 2.70. The molecular formula is C16H15N3O3S2. The van der Waals surface area contributed by atoms with E-state index in [0.29, 0.717) is 27.3 Å². The molecule has 8 heteroatoms. The van der Waals surface area contributed by atoms with E-state index in [9.17, 15) is 15.0 Å². The monoisotopic (exact) mass is 361 g/mol. The van der Waals surface area contributed by atoms with E-state index in [0.717, 1.165) is 5.69 Å². The van der Waals surface area contributed by atoms with E-state index in [1.807, 2.05) is 19.2 Å². The smallest absolute Gasteiger partial charge is 0.266 e. The van der Waals surface area contributed by atoms with Gasteiger partial charge in [-0.1, -0.05) is 6.07 Å². The van der Waals surface area contributed by atoms with Crippen LogP contribution < -0.4 is 0 Å². The molecule has 0 saturated carbocycles. The zero-order valence-corrected chi connectivity index (χ0v) is 14.7. The van der Waals surface area contributed by atoms with Crippen molar-refractivity contribution in [1.29, 1.82) is 0 Å². The lowest BCUT2D eigenvalue weighted by atomic mass is 10.2. The number of likely N-dealkylation sites (N-methyl/N-ethyl adjacent to an activating group) is 1. The van der Waals surface area contributed by atoms with Gasteiger partial charge in [-0.15, -0.1) is 11.3 Å². The van der Waals surface area contributed by atoms with Crippen molar-refractivity contribution in [2.45, 2.75) is 13.8 Å². The first-order chi connectivity index (χ1) is 11.5. The largest absolute Gasteiger partial charge is 0.504 e. The molecule has 2 heterocycles. The normalized spacial score (nSPS) is 18.1. The number of aromatic hydroxyl groups is 2. The maximum Gasteiger partial charge on any atom is 0.266 e. The van der Waals surface area contributed by atoms with Gasteiger partial charge < -0.3 is 10.2 Å². The first-order valence-electron chi connectivity index (χ1n) is 7.22. The molecule has 1 fully saturated rings. The molecule has 3 rings (SSSR count). The van der Waals surface area contributed by atoms with E-state index in [1.165, 1.54) is 35.2 Å².